The summed E-state index contributed by atoms with van der Waals surface area (Å²) < 4.78 is 26.3. The minimum Gasteiger partial charge on any atom is -0.478 e. The predicted octanol–water partition coefficient (Wildman–Crippen LogP) is 8.80. The Labute approximate surface area is 249 Å². The van der Waals surface area contributed by atoms with Crippen molar-refractivity contribution in [1.29, 1.82) is 0 Å². The molecule has 0 atom stereocenters. The van der Waals surface area contributed by atoms with Crippen molar-refractivity contribution in [2.75, 3.05) is 6.61 Å². The van der Waals surface area contributed by atoms with E-state index in [9.17, 15) is 14.3 Å². The molecule has 1 aromatic carbocycles. The number of rotatable bonds is 8. The first-order valence-corrected chi connectivity index (χ1v) is 15.3. The second kappa shape index (κ2) is 10.1. The van der Waals surface area contributed by atoms with E-state index >= 15 is 0 Å². The summed E-state index contributed by atoms with van der Waals surface area (Å²) in [5.41, 5.74) is 2.62. The molecule has 3 heterocycles. The summed E-state index contributed by atoms with van der Waals surface area (Å²) in [5.74, 6) is -0.528. The van der Waals surface area contributed by atoms with Gasteiger partial charge < -0.3 is 14.4 Å². The molecule has 4 saturated carbocycles. The highest BCUT2D eigenvalue weighted by molar-refractivity contribution is 7.20. The third-order valence-electron chi connectivity index (χ3n) is 9.02. The fourth-order valence-corrected chi connectivity index (χ4v) is 7.81. The molecule has 3 aromatic heterocycles. The van der Waals surface area contributed by atoms with E-state index in [1.54, 1.807) is 12.4 Å². The van der Waals surface area contributed by atoms with Crippen LogP contribution in [0, 0.1) is 16.6 Å². The van der Waals surface area contributed by atoms with Crippen LogP contribution in [0.2, 0.25) is 10.0 Å². The molecule has 212 valence electrons. The van der Waals surface area contributed by atoms with Crippen molar-refractivity contribution in [2.24, 2.45) is 10.8 Å². The Morgan fingerprint density at radius 3 is 2.51 bits per heavy atom. The van der Waals surface area contributed by atoms with E-state index in [0.29, 0.717) is 49.2 Å². The van der Waals surface area contributed by atoms with E-state index in [2.05, 4.69) is 27.3 Å². The van der Waals surface area contributed by atoms with Gasteiger partial charge in [0.2, 0.25) is 0 Å². The minimum atomic E-state index is -1.18. The zero-order valence-corrected chi connectivity index (χ0v) is 24.3. The van der Waals surface area contributed by atoms with Gasteiger partial charge in [-0.1, -0.05) is 51.8 Å². The van der Waals surface area contributed by atoms with Crippen molar-refractivity contribution in [2.45, 2.75) is 57.3 Å². The van der Waals surface area contributed by atoms with Crippen LogP contribution in [0.15, 0.2) is 35.1 Å². The maximum absolute atomic E-state index is 13.9. The number of carboxylic acids is 1. The highest BCUT2D eigenvalue weighted by atomic mass is 35.5. The lowest BCUT2D eigenvalue weighted by Crippen LogP contribution is -2.43. The summed E-state index contributed by atoms with van der Waals surface area (Å²) in [4.78, 5) is 20.0. The first kappa shape index (κ1) is 26.9. The molecule has 0 radical (unpaired) electrons. The summed E-state index contributed by atoms with van der Waals surface area (Å²) in [5, 5.41) is 15.1. The number of hydrogen-bond donors (Lipinski definition) is 1. The normalized spacial score (nSPS) is 24.0. The third kappa shape index (κ3) is 4.91. The quantitative estimate of drug-likeness (QED) is 0.212. The molecule has 4 aromatic rings. The second-order valence-corrected chi connectivity index (χ2v) is 13.4. The standard InChI is InChI=1S/C30H26Cl2FN3O4S/c31-20-13-34-14-21(32)23(20)24-18(25(40-36-24)16-1-2-16)3-4-29-5-8-30(9-6-29,10-7-29)15-39-28-35-22-12-17(33)11-19(27(37)38)26(22)41-28/h3-4,11-14,16H,1-2,5-10,15H2,(H,37,38). The number of halogens is 3. The Balaban J connectivity index is 1.08. The van der Waals surface area contributed by atoms with Gasteiger partial charge in [-0.25, -0.2) is 14.2 Å². The number of pyridine rings is 1. The lowest BCUT2D eigenvalue weighted by molar-refractivity contribution is -0.0122. The number of fused-ring (bicyclic) bond motifs is 4. The zero-order chi connectivity index (χ0) is 28.4. The van der Waals surface area contributed by atoms with Gasteiger partial charge >= 0.3 is 5.97 Å². The van der Waals surface area contributed by atoms with Gasteiger partial charge in [0.1, 0.15) is 17.3 Å². The van der Waals surface area contributed by atoms with Crippen LogP contribution < -0.4 is 4.74 Å². The molecule has 2 bridgehead atoms. The van der Waals surface area contributed by atoms with E-state index in [1.807, 2.05) is 0 Å². The maximum atomic E-state index is 13.9. The van der Waals surface area contributed by atoms with Crippen LogP contribution >= 0.6 is 34.5 Å². The fraction of sp³-hybridized carbons (Fsp3) is 0.400. The van der Waals surface area contributed by atoms with Crippen molar-refractivity contribution in [1.82, 2.24) is 15.1 Å². The minimum absolute atomic E-state index is 0.0495. The average molecular weight is 615 g/mol. The van der Waals surface area contributed by atoms with E-state index in [-0.39, 0.29) is 16.4 Å². The van der Waals surface area contributed by atoms with Crippen LogP contribution in [-0.4, -0.2) is 32.8 Å². The summed E-state index contributed by atoms with van der Waals surface area (Å²) >= 11 is 14.1. The number of ether oxygens (including phenoxy) is 1. The highest BCUT2D eigenvalue weighted by Gasteiger charge is 2.48. The van der Waals surface area contributed by atoms with Gasteiger partial charge in [-0.15, -0.1) is 0 Å². The Morgan fingerprint density at radius 2 is 1.85 bits per heavy atom. The van der Waals surface area contributed by atoms with Crippen LogP contribution in [0.1, 0.15) is 79.0 Å². The highest BCUT2D eigenvalue weighted by Crippen LogP contribution is 2.58. The first-order valence-electron chi connectivity index (χ1n) is 13.7. The van der Waals surface area contributed by atoms with Gasteiger partial charge in [0.15, 0.2) is 0 Å². The average Bonchev–Trinajstić information content (AvgIpc) is 3.59. The Morgan fingerprint density at radius 1 is 1.15 bits per heavy atom. The van der Waals surface area contributed by atoms with Crippen molar-refractivity contribution >= 4 is 56.8 Å². The van der Waals surface area contributed by atoms with E-state index in [1.165, 1.54) is 6.07 Å². The van der Waals surface area contributed by atoms with Gasteiger partial charge in [0.25, 0.3) is 5.19 Å². The first-order chi connectivity index (χ1) is 19.7. The lowest BCUT2D eigenvalue weighted by atomic mass is 9.54. The van der Waals surface area contributed by atoms with Crippen LogP contribution in [0.5, 0.6) is 5.19 Å². The Bertz CT molecular complexity index is 1670. The van der Waals surface area contributed by atoms with Gasteiger partial charge in [-0.05, 0) is 62.8 Å². The molecule has 1 N–H and O–H groups in total. The number of hydrogen-bond acceptors (Lipinski definition) is 7. The number of carbonyl (C=O) groups is 1. The van der Waals surface area contributed by atoms with Crippen molar-refractivity contribution in [3.05, 3.63) is 63.4 Å². The molecule has 0 amide bonds. The SMILES string of the molecule is O=C(O)c1cc(F)cc2nc(OCC34CCC(C=Cc5c(-c6c(Cl)cncc6Cl)noc5C5CC5)(CC3)CC4)sc12. The van der Waals surface area contributed by atoms with E-state index in [4.69, 9.17) is 32.5 Å². The molecule has 41 heavy (non-hydrogen) atoms. The van der Waals surface area contributed by atoms with Gasteiger partial charge in [0.05, 0.1) is 32.4 Å². The largest absolute Gasteiger partial charge is 0.478 e. The molecule has 4 aliphatic rings. The van der Waals surface area contributed by atoms with E-state index < -0.39 is 11.8 Å². The van der Waals surface area contributed by atoms with Crippen LogP contribution in [0.25, 0.3) is 27.6 Å². The molecule has 7 nitrogen and oxygen atoms in total. The summed E-state index contributed by atoms with van der Waals surface area (Å²) in [6.45, 7) is 0.512. The van der Waals surface area contributed by atoms with Crippen LogP contribution in [-0.2, 0) is 0 Å². The molecule has 8 rings (SSSR count). The van der Waals surface area contributed by atoms with Crippen molar-refractivity contribution in [3.8, 4) is 16.5 Å². The summed E-state index contributed by atoms with van der Waals surface area (Å²) in [6, 6.07) is 2.27. The van der Waals surface area contributed by atoms with E-state index in [0.717, 1.165) is 80.1 Å². The fourth-order valence-electron chi connectivity index (χ4n) is 6.36. The molecule has 0 spiro atoms. The summed E-state index contributed by atoms with van der Waals surface area (Å²) in [6.07, 6.45) is 16.0. The third-order valence-corrected chi connectivity index (χ3v) is 10.6. The smallest absolute Gasteiger partial charge is 0.337 e. The lowest BCUT2D eigenvalue weighted by Gasteiger charge is -2.52. The van der Waals surface area contributed by atoms with Crippen molar-refractivity contribution in [3.63, 3.8) is 0 Å². The number of thiazole rings is 1. The van der Waals surface area contributed by atoms with Gasteiger partial charge in [0, 0.05) is 40.9 Å². The van der Waals surface area contributed by atoms with Crippen LogP contribution in [0.3, 0.4) is 0 Å². The van der Waals surface area contributed by atoms with Gasteiger partial charge in [-0.3, -0.25) is 4.98 Å². The molecular weight excluding hydrogens is 588 g/mol. The zero-order valence-electron chi connectivity index (χ0n) is 22.0. The number of carboxylic acid groups (broad SMARTS) is 1. The number of aromatic carboxylic acids is 1. The number of nitrogens with zero attached hydrogens (tertiary/aromatic N) is 3. The molecule has 4 fully saturated rings. The molecule has 4 aliphatic carbocycles. The monoisotopic (exact) mass is 613 g/mol. The molecule has 11 heteroatoms. The topological polar surface area (TPSA) is 98.3 Å². The predicted molar refractivity (Wildman–Crippen MR) is 155 cm³/mol. The number of aromatic nitrogens is 3. The Hall–Kier alpha value is -3.01. The number of benzene rings is 1. The van der Waals surface area contributed by atoms with Crippen LogP contribution in [0.4, 0.5) is 4.39 Å². The second-order valence-electron chi connectivity index (χ2n) is 11.6. The molecule has 0 aliphatic heterocycles. The molecular formula is C30H26Cl2FN3O4S. The molecule has 0 saturated heterocycles. The number of allylic oxidation sites excluding steroid dienone is 1. The van der Waals surface area contributed by atoms with Crippen molar-refractivity contribution < 1.29 is 23.6 Å². The Kier molecular flexibility index (Phi) is 6.60. The maximum Gasteiger partial charge on any atom is 0.337 e. The summed E-state index contributed by atoms with van der Waals surface area (Å²) in [7, 11) is 0. The molecule has 0 unspecified atom stereocenters. The van der Waals surface area contributed by atoms with Gasteiger partial charge in [-0.2, -0.15) is 0 Å².